The van der Waals surface area contributed by atoms with Gasteiger partial charge in [-0.25, -0.2) is 23.2 Å². The number of halogens is 3. The van der Waals surface area contributed by atoms with Gasteiger partial charge in [0.25, 0.3) is 5.91 Å². The topological polar surface area (TPSA) is 62.9 Å². The van der Waals surface area contributed by atoms with Gasteiger partial charge >= 0.3 is 0 Å². The maximum Gasteiger partial charge on any atom is 0.291 e. The Balaban J connectivity index is 1.43. The van der Waals surface area contributed by atoms with Crippen LogP contribution in [-0.2, 0) is 18.3 Å². The number of carbonyl (C=O) groups is 1. The highest BCUT2D eigenvalue weighted by molar-refractivity contribution is 6.40. The molecule has 1 amide bonds. The number of benzene rings is 2. The second-order valence-electron chi connectivity index (χ2n) is 8.10. The third-order valence-corrected chi connectivity index (χ3v) is 6.09. The number of aliphatic imine (C=N–C) groups is 2. The molecule has 0 saturated carbocycles. The molecule has 0 aliphatic carbocycles. The Hall–Kier alpha value is -3.75. The Bertz CT molecular complexity index is 1290. The van der Waals surface area contributed by atoms with E-state index in [0.29, 0.717) is 24.4 Å². The van der Waals surface area contributed by atoms with Crippen molar-refractivity contribution in [1.82, 2.24) is 14.7 Å². The molecule has 6 nitrogen and oxygen atoms in total. The normalized spacial score (nSPS) is 19.5. The van der Waals surface area contributed by atoms with Crippen molar-refractivity contribution in [1.29, 1.82) is 0 Å². The van der Waals surface area contributed by atoms with Gasteiger partial charge in [0.15, 0.2) is 17.5 Å². The van der Waals surface area contributed by atoms with Crippen molar-refractivity contribution < 1.29 is 18.0 Å². The van der Waals surface area contributed by atoms with Gasteiger partial charge in [-0.05, 0) is 31.0 Å². The van der Waals surface area contributed by atoms with Crippen LogP contribution in [0.3, 0.4) is 0 Å². The molecule has 3 aromatic rings. The number of fused-ring (bicyclic) bond motifs is 1. The third-order valence-electron chi connectivity index (χ3n) is 6.09. The van der Waals surface area contributed by atoms with Crippen LogP contribution in [0.2, 0.25) is 0 Å². The van der Waals surface area contributed by atoms with E-state index in [-0.39, 0.29) is 23.3 Å². The number of aromatic nitrogens is 2. The molecule has 3 heterocycles. The molecule has 0 N–H and O–H groups in total. The van der Waals surface area contributed by atoms with Crippen LogP contribution in [0, 0.1) is 17.5 Å². The van der Waals surface area contributed by atoms with E-state index < -0.39 is 23.5 Å². The first-order valence-electron chi connectivity index (χ1n) is 10.5. The number of rotatable bonds is 3. The Kier molecular flexibility index (Phi) is 5.11. The lowest BCUT2D eigenvalue weighted by molar-refractivity contribution is -0.126. The summed E-state index contributed by atoms with van der Waals surface area (Å²) < 4.78 is 42.6. The fourth-order valence-corrected chi connectivity index (χ4v) is 4.46. The summed E-state index contributed by atoms with van der Waals surface area (Å²) in [7, 11) is 1.65. The summed E-state index contributed by atoms with van der Waals surface area (Å²) in [6, 6.07) is 10.8. The molecule has 0 fully saturated rings. The monoisotopic (exact) mass is 451 g/mol. The minimum absolute atomic E-state index is 0.137. The summed E-state index contributed by atoms with van der Waals surface area (Å²) in [6.07, 6.45) is 2.08. The van der Waals surface area contributed by atoms with Crippen LogP contribution < -0.4 is 0 Å². The van der Waals surface area contributed by atoms with Crippen molar-refractivity contribution >= 4 is 18.0 Å². The molecule has 1 aromatic heterocycles. The average molecular weight is 451 g/mol. The Morgan fingerprint density at radius 1 is 1.09 bits per heavy atom. The maximum atomic E-state index is 13.8. The van der Waals surface area contributed by atoms with Crippen LogP contribution >= 0.6 is 0 Å². The van der Waals surface area contributed by atoms with E-state index in [2.05, 4.69) is 15.1 Å². The molecule has 2 aromatic carbocycles. The molecule has 33 heavy (non-hydrogen) atoms. The Labute approximate surface area is 188 Å². The largest absolute Gasteiger partial charge is 0.327 e. The van der Waals surface area contributed by atoms with Crippen molar-refractivity contribution in [3.05, 3.63) is 76.7 Å². The second-order valence-corrected chi connectivity index (χ2v) is 8.10. The van der Waals surface area contributed by atoms with E-state index in [4.69, 9.17) is 0 Å². The van der Waals surface area contributed by atoms with Gasteiger partial charge in [-0.2, -0.15) is 5.10 Å². The fraction of sp³-hybridized carbons (Fsp3) is 0.250. The van der Waals surface area contributed by atoms with Crippen LogP contribution in [0.15, 0.2) is 52.4 Å². The molecular weight excluding hydrogens is 431 g/mol. The van der Waals surface area contributed by atoms with Gasteiger partial charge in [-0.15, -0.1) is 0 Å². The second kappa shape index (κ2) is 7.99. The van der Waals surface area contributed by atoms with Crippen molar-refractivity contribution in [3.63, 3.8) is 0 Å². The highest BCUT2D eigenvalue weighted by atomic mass is 19.2. The van der Waals surface area contributed by atoms with Crippen molar-refractivity contribution in [2.45, 2.75) is 25.4 Å². The average Bonchev–Trinajstić information content (AvgIpc) is 3.43. The molecule has 2 atom stereocenters. The molecule has 2 aliphatic rings. The van der Waals surface area contributed by atoms with Gasteiger partial charge in [0.1, 0.15) is 6.04 Å². The number of nitrogens with zero attached hydrogens (tertiary/aromatic N) is 5. The fourth-order valence-electron chi connectivity index (χ4n) is 4.46. The van der Waals surface area contributed by atoms with E-state index in [1.54, 1.807) is 18.2 Å². The van der Waals surface area contributed by atoms with Crippen LogP contribution in [0.25, 0.3) is 11.3 Å². The van der Waals surface area contributed by atoms with Gasteiger partial charge in [0.05, 0.1) is 17.4 Å². The SMILES string of the molecule is C[C@H]1c2nn(C)c(-c3cc(F)c(F)c(F)c3)c2CCN1C(=O)C1=NC(c2ccccc2)C=N1. The molecule has 0 spiro atoms. The van der Waals surface area contributed by atoms with E-state index in [9.17, 15) is 18.0 Å². The van der Waals surface area contributed by atoms with Crippen molar-refractivity contribution in [2.24, 2.45) is 17.0 Å². The quantitative estimate of drug-likeness (QED) is 0.561. The van der Waals surface area contributed by atoms with Crippen LogP contribution in [0.1, 0.15) is 35.8 Å². The minimum Gasteiger partial charge on any atom is -0.327 e. The molecule has 9 heteroatoms. The first-order valence-corrected chi connectivity index (χ1v) is 10.5. The van der Waals surface area contributed by atoms with Crippen LogP contribution in [-0.4, -0.2) is 39.2 Å². The third kappa shape index (κ3) is 3.53. The molecule has 0 bridgehead atoms. The van der Waals surface area contributed by atoms with Crippen molar-refractivity contribution in [2.75, 3.05) is 6.54 Å². The minimum atomic E-state index is -1.51. The number of aryl methyl sites for hydroxylation is 1. The van der Waals surface area contributed by atoms with Gasteiger partial charge in [-0.1, -0.05) is 30.3 Å². The smallest absolute Gasteiger partial charge is 0.291 e. The standard InChI is InChI=1S/C24H20F3N5O/c1-13-21-16(22(31(2)30-21)15-10-17(25)20(27)18(26)11-15)8-9-32(13)24(33)23-28-12-19(29-23)14-6-4-3-5-7-14/h3-7,10-13,19H,8-9H2,1-2H3/t13-,19?/m0/s1. The van der Waals surface area contributed by atoms with Gasteiger partial charge in [0, 0.05) is 30.9 Å². The number of amides is 1. The van der Waals surface area contributed by atoms with E-state index in [1.807, 2.05) is 37.3 Å². The van der Waals surface area contributed by atoms with Crippen LogP contribution in [0.5, 0.6) is 0 Å². The Morgan fingerprint density at radius 3 is 2.48 bits per heavy atom. The first-order chi connectivity index (χ1) is 15.8. The summed E-state index contributed by atoms with van der Waals surface area (Å²) in [5.41, 5.74) is 3.05. The zero-order chi connectivity index (χ0) is 23.3. The number of hydrogen-bond acceptors (Lipinski definition) is 4. The predicted octanol–water partition coefficient (Wildman–Crippen LogP) is 4.17. The lowest BCUT2D eigenvalue weighted by atomic mass is 9.95. The molecule has 0 saturated heterocycles. The Morgan fingerprint density at radius 2 is 1.79 bits per heavy atom. The van der Waals surface area contributed by atoms with Crippen LogP contribution in [0.4, 0.5) is 13.2 Å². The van der Waals surface area contributed by atoms with E-state index >= 15 is 0 Å². The zero-order valence-electron chi connectivity index (χ0n) is 18.0. The zero-order valence-corrected chi connectivity index (χ0v) is 18.0. The summed E-state index contributed by atoms with van der Waals surface area (Å²) in [4.78, 5) is 23.6. The van der Waals surface area contributed by atoms with E-state index in [1.165, 1.54) is 4.68 Å². The summed E-state index contributed by atoms with van der Waals surface area (Å²) in [5, 5.41) is 4.52. The molecule has 1 unspecified atom stereocenters. The van der Waals surface area contributed by atoms with Gasteiger partial charge < -0.3 is 4.90 Å². The summed E-state index contributed by atoms with van der Waals surface area (Å²) in [5.74, 6) is -4.19. The van der Waals surface area contributed by atoms with E-state index in [0.717, 1.165) is 23.3 Å². The van der Waals surface area contributed by atoms with Gasteiger partial charge in [0.2, 0.25) is 5.84 Å². The highest BCUT2D eigenvalue weighted by Gasteiger charge is 2.35. The van der Waals surface area contributed by atoms with Crippen molar-refractivity contribution in [3.8, 4) is 11.3 Å². The number of hydrogen-bond donors (Lipinski definition) is 0. The van der Waals surface area contributed by atoms with Gasteiger partial charge in [-0.3, -0.25) is 9.48 Å². The lowest BCUT2D eigenvalue weighted by Gasteiger charge is -2.32. The summed E-state index contributed by atoms with van der Waals surface area (Å²) >= 11 is 0. The predicted molar refractivity (Wildman–Crippen MR) is 117 cm³/mol. The molecule has 5 rings (SSSR count). The number of amidine groups is 1. The maximum absolute atomic E-state index is 13.8. The molecule has 2 aliphatic heterocycles. The molecule has 168 valence electrons. The molecular formula is C24H20F3N5O. The summed E-state index contributed by atoms with van der Waals surface area (Å²) in [6.45, 7) is 2.20. The highest BCUT2D eigenvalue weighted by Crippen LogP contribution is 2.36. The number of carbonyl (C=O) groups excluding carboxylic acids is 1. The lowest BCUT2D eigenvalue weighted by Crippen LogP contribution is -2.41. The molecule has 0 radical (unpaired) electrons. The first kappa shape index (κ1) is 21.1.